The van der Waals surface area contributed by atoms with Crippen LogP contribution in [-0.4, -0.2) is 47.6 Å². The molecule has 2 N–H and O–H groups in total. The van der Waals surface area contributed by atoms with Crippen LogP contribution in [0.25, 0.3) is 0 Å². The zero-order valence-electron chi connectivity index (χ0n) is 21.1. The fourth-order valence-corrected chi connectivity index (χ4v) is 5.58. The summed E-state index contributed by atoms with van der Waals surface area (Å²) < 4.78 is 0. The summed E-state index contributed by atoms with van der Waals surface area (Å²) in [5.74, 6) is -0.815. The molecule has 0 unspecified atom stereocenters. The first kappa shape index (κ1) is 25.2. The molecule has 0 bridgehead atoms. The van der Waals surface area contributed by atoms with Gasteiger partial charge in [0.2, 0.25) is 11.8 Å². The first-order valence-electron chi connectivity index (χ1n) is 13.0. The van der Waals surface area contributed by atoms with Gasteiger partial charge in [0.25, 0.3) is 5.91 Å². The summed E-state index contributed by atoms with van der Waals surface area (Å²) in [4.78, 5) is 43.4. The van der Waals surface area contributed by atoms with E-state index in [2.05, 4.69) is 0 Å². The third-order valence-electron chi connectivity index (χ3n) is 7.68. The maximum Gasteiger partial charge on any atom is 0.264 e. The van der Waals surface area contributed by atoms with Crippen molar-refractivity contribution in [2.45, 2.75) is 51.2 Å². The van der Waals surface area contributed by atoms with Crippen LogP contribution in [-0.2, 0) is 26.5 Å². The molecule has 2 saturated heterocycles. The van der Waals surface area contributed by atoms with Crippen molar-refractivity contribution in [3.8, 4) is 0 Å². The van der Waals surface area contributed by atoms with E-state index < -0.39 is 17.4 Å². The van der Waals surface area contributed by atoms with E-state index in [-0.39, 0.29) is 25.0 Å². The smallest absolute Gasteiger partial charge is 0.264 e. The van der Waals surface area contributed by atoms with E-state index in [4.69, 9.17) is 5.11 Å². The highest BCUT2D eigenvalue weighted by molar-refractivity contribution is 6.08. The third kappa shape index (κ3) is 4.45. The molecule has 2 atom stereocenters. The number of nitrogens with zero attached hydrogens (tertiary/aromatic N) is 3. The molecule has 3 amide bonds. The average Bonchev–Trinajstić information content (AvgIpc) is 3.58. The van der Waals surface area contributed by atoms with Gasteiger partial charge in [-0.05, 0) is 55.2 Å². The molecule has 3 aliphatic heterocycles. The van der Waals surface area contributed by atoms with Crippen molar-refractivity contribution in [2.75, 3.05) is 34.4 Å². The van der Waals surface area contributed by atoms with Gasteiger partial charge in [0.15, 0.2) is 5.60 Å². The van der Waals surface area contributed by atoms with Gasteiger partial charge in [0, 0.05) is 55.4 Å². The SMILES string of the molecule is C[C@H](/C=C/CCO)[C@@]1(O)C(=O)N(Cc2ccc(N3CCCC3=O)cc2)c2ccc(N3CCCC3=O)cc21. The number of amides is 3. The number of hydrogen-bond donors (Lipinski definition) is 2. The first-order chi connectivity index (χ1) is 17.8. The Kier molecular flexibility index (Phi) is 6.88. The van der Waals surface area contributed by atoms with Gasteiger partial charge < -0.3 is 24.9 Å². The lowest BCUT2D eigenvalue weighted by Crippen LogP contribution is -2.44. The summed E-state index contributed by atoms with van der Waals surface area (Å²) >= 11 is 0. The number of carbonyl (C=O) groups excluding carboxylic acids is 3. The molecule has 37 heavy (non-hydrogen) atoms. The number of aliphatic hydroxyl groups is 2. The Hall–Kier alpha value is -3.49. The molecule has 2 aromatic carbocycles. The molecule has 3 aliphatic rings. The molecule has 0 aromatic heterocycles. The Balaban J connectivity index is 1.48. The molecular weight excluding hydrogens is 470 g/mol. The Morgan fingerprint density at radius 1 is 0.946 bits per heavy atom. The van der Waals surface area contributed by atoms with Crippen molar-refractivity contribution in [1.29, 1.82) is 0 Å². The Bertz CT molecular complexity index is 1240. The normalized spacial score (nSPS) is 22.6. The van der Waals surface area contributed by atoms with E-state index in [0.717, 1.165) is 24.1 Å². The topological polar surface area (TPSA) is 101 Å². The fraction of sp³-hybridized carbons (Fsp3) is 0.414. The second-order valence-corrected chi connectivity index (χ2v) is 10.1. The second-order valence-electron chi connectivity index (χ2n) is 10.1. The highest BCUT2D eigenvalue weighted by Crippen LogP contribution is 2.47. The predicted molar refractivity (Wildman–Crippen MR) is 141 cm³/mol. The quantitative estimate of drug-likeness (QED) is 0.539. The number of benzene rings is 2. The molecule has 0 radical (unpaired) electrons. The lowest BCUT2D eigenvalue weighted by Gasteiger charge is -2.28. The van der Waals surface area contributed by atoms with Gasteiger partial charge >= 0.3 is 0 Å². The van der Waals surface area contributed by atoms with Crippen LogP contribution in [0.5, 0.6) is 0 Å². The molecule has 8 heteroatoms. The molecule has 0 saturated carbocycles. The van der Waals surface area contributed by atoms with Gasteiger partial charge in [-0.1, -0.05) is 31.2 Å². The first-order valence-corrected chi connectivity index (χ1v) is 13.0. The Morgan fingerprint density at radius 2 is 1.57 bits per heavy atom. The van der Waals surface area contributed by atoms with Crippen molar-refractivity contribution in [1.82, 2.24) is 0 Å². The van der Waals surface area contributed by atoms with Crippen molar-refractivity contribution in [3.63, 3.8) is 0 Å². The number of rotatable bonds is 8. The van der Waals surface area contributed by atoms with Crippen LogP contribution in [0.2, 0.25) is 0 Å². The van der Waals surface area contributed by atoms with Crippen molar-refractivity contribution < 1.29 is 24.6 Å². The maximum atomic E-state index is 13.8. The molecule has 2 aromatic rings. The minimum atomic E-state index is -1.80. The van der Waals surface area contributed by atoms with E-state index >= 15 is 0 Å². The molecule has 0 spiro atoms. The summed E-state index contributed by atoms with van der Waals surface area (Å²) in [6.07, 6.45) is 6.65. The van der Waals surface area contributed by atoms with Gasteiger partial charge in [0.05, 0.1) is 12.2 Å². The van der Waals surface area contributed by atoms with Crippen molar-refractivity contribution in [3.05, 3.63) is 65.7 Å². The minimum Gasteiger partial charge on any atom is -0.396 e. The Morgan fingerprint density at radius 3 is 2.16 bits per heavy atom. The van der Waals surface area contributed by atoms with Crippen LogP contribution < -0.4 is 14.7 Å². The van der Waals surface area contributed by atoms with Crippen LogP contribution in [0.4, 0.5) is 17.1 Å². The average molecular weight is 504 g/mol. The van der Waals surface area contributed by atoms with E-state index in [1.165, 1.54) is 0 Å². The van der Waals surface area contributed by atoms with Gasteiger partial charge in [0.1, 0.15) is 0 Å². The molecular formula is C29H33N3O5. The molecule has 2 fully saturated rings. The highest BCUT2D eigenvalue weighted by atomic mass is 16.3. The van der Waals surface area contributed by atoms with Crippen LogP contribution in [0.3, 0.4) is 0 Å². The van der Waals surface area contributed by atoms with Gasteiger partial charge in [-0.25, -0.2) is 0 Å². The van der Waals surface area contributed by atoms with E-state index in [1.54, 1.807) is 39.8 Å². The molecule has 3 heterocycles. The van der Waals surface area contributed by atoms with Crippen LogP contribution in [0.1, 0.15) is 50.2 Å². The zero-order valence-corrected chi connectivity index (χ0v) is 21.1. The second kappa shape index (κ2) is 10.1. The zero-order chi connectivity index (χ0) is 26.2. The molecule has 8 nitrogen and oxygen atoms in total. The number of fused-ring (bicyclic) bond motifs is 1. The Labute approximate surface area is 216 Å². The van der Waals surface area contributed by atoms with Gasteiger partial charge in [-0.3, -0.25) is 14.4 Å². The summed E-state index contributed by atoms with van der Waals surface area (Å²) in [6.45, 7) is 3.36. The van der Waals surface area contributed by atoms with Crippen LogP contribution >= 0.6 is 0 Å². The van der Waals surface area contributed by atoms with Crippen molar-refractivity contribution >= 4 is 34.8 Å². The number of carbonyl (C=O) groups is 3. The monoisotopic (exact) mass is 503 g/mol. The lowest BCUT2D eigenvalue weighted by molar-refractivity contribution is -0.139. The van der Waals surface area contributed by atoms with E-state index in [0.29, 0.717) is 49.3 Å². The highest BCUT2D eigenvalue weighted by Gasteiger charge is 2.52. The van der Waals surface area contributed by atoms with Crippen molar-refractivity contribution in [2.24, 2.45) is 5.92 Å². The van der Waals surface area contributed by atoms with Crippen LogP contribution in [0, 0.1) is 5.92 Å². The summed E-state index contributed by atoms with van der Waals surface area (Å²) in [5, 5.41) is 21.1. The molecule has 0 aliphatic carbocycles. The molecule has 194 valence electrons. The predicted octanol–water partition coefficient (Wildman–Crippen LogP) is 3.25. The number of anilines is 3. The van der Waals surface area contributed by atoms with Crippen LogP contribution in [0.15, 0.2) is 54.6 Å². The summed E-state index contributed by atoms with van der Waals surface area (Å²) in [7, 11) is 0. The molecule has 5 rings (SSSR count). The summed E-state index contributed by atoms with van der Waals surface area (Å²) in [6, 6.07) is 13.0. The fourth-order valence-electron chi connectivity index (χ4n) is 5.58. The van der Waals surface area contributed by atoms with E-state index in [9.17, 15) is 19.5 Å². The third-order valence-corrected chi connectivity index (χ3v) is 7.68. The number of hydrogen-bond acceptors (Lipinski definition) is 5. The maximum absolute atomic E-state index is 13.8. The van der Waals surface area contributed by atoms with Gasteiger partial charge in [-0.2, -0.15) is 0 Å². The lowest BCUT2D eigenvalue weighted by atomic mass is 9.82. The van der Waals surface area contributed by atoms with E-state index in [1.807, 2.05) is 36.4 Å². The largest absolute Gasteiger partial charge is 0.396 e. The number of aliphatic hydroxyl groups excluding tert-OH is 1. The van der Waals surface area contributed by atoms with Gasteiger partial charge in [-0.15, -0.1) is 0 Å². The minimum absolute atomic E-state index is 0.0153. The summed E-state index contributed by atoms with van der Waals surface area (Å²) in [5.41, 5.74) is 1.70. The standard InChI is InChI=1S/C29H33N3O5/c1-20(6-2-3-17-33)29(37)24-18-23(31-16-5-8-27(31)35)13-14-25(24)32(28(29)36)19-21-9-11-22(12-10-21)30-15-4-7-26(30)34/h2,6,9-14,18,20,33,37H,3-5,7-8,15-17,19H2,1H3/b6-2+/t20-,29+/m1/s1.